The normalized spacial score (nSPS) is 10.6. The summed E-state index contributed by atoms with van der Waals surface area (Å²) in [7, 11) is 0. The first-order chi connectivity index (χ1) is 12.6. The molecule has 0 aliphatic heterocycles. The summed E-state index contributed by atoms with van der Waals surface area (Å²) in [6.07, 6.45) is 0.830. The van der Waals surface area contributed by atoms with Gasteiger partial charge in [0.1, 0.15) is 28.1 Å². The average Bonchev–Trinajstić information content (AvgIpc) is 3.12. The summed E-state index contributed by atoms with van der Waals surface area (Å²) in [6.45, 7) is 2.48. The quantitative estimate of drug-likeness (QED) is 0.651. The molecular formula is C19H16F2N2O2S. The maximum absolute atomic E-state index is 14.3. The monoisotopic (exact) mass is 374 g/mol. The number of thiazole rings is 1. The van der Waals surface area contributed by atoms with E-state index >= 15 is 0 Å². The van der Waals surface area contributed by atoms with Gasteiger partial charge in [-0.15, -0.1) is 11.3 Å². The molecule has 134 valence electrons. The van der Waals surface area contributed by atoms with Gasteiger partial charge in [0.25, 0.3) is 5.91 Å². The summed E-state index contributed by atoms with van der Waals surface area (Å²) in [4.78, 5) is 16.4. The van der Waals surface area contributed by atoms with Crippen molar-refractivity contribution in [2.75, 3.05) is 11.9 Å². The average molecular weight is 374 g/mol. The minimum atomic E-state index is -0.555. The molecule has 0 bridgehead atoms. The number of hydrogen-bond acceptors (Lipinski definition) is 4. The second kappa shape index (κ2) is 8.05. The van der Waals surface area contributed by atoms with Crippen molar-refractivity contribution in [2.24, 2.45) is 0 Å². The Morgan fingerprint density at radius 1 is 1.19 bits per heavy atom. The highest BCUT2D eigenvalue weighted by atomic mass is 32.1. The molecule has 4 nitrogen and oxygen atoms in total. The molecule has 0 aliphatic rings. The van der Waals surface area contributed by atoms with Gasteiger partial charge in [-0.05, 0) is 30.7 Å². The van der Waals surface area contributed by atoms with Crippen LogP contribution in [0.4, 0.5) is 14.5 Å². The number of ether oxygens (including phenoxy) is 1. The third-order valence-corrected chi connectivity index (χ3v) is 4.38. The van der Waals surface area contributed by atoms with Crippen LogP contribution in [0.3, 0.4) is 0 Å². The smallest absolute Gasteiger partial charge is 0.275 e. The number of hydrogen-bond donors (Lipinski definition) is 1. The Kier molecular flexibility index (Phi) is 5.58. The maximum Gasteiger partial charge on any atom is 0.275 e. The summed E-state index contributed by atoms with van der Waals surface area (Å²) >= 11 is 1.14. The first-order valence-electron chi connectivity index (χ1n) is 8.02. The summed E-state index contributed by atoms with van der Waals surface area (Å²) in [5.41, 5.74) is 0.443. The SMILES string of the molecule is CCCOc1ccc(-c2nc(C(=O)Nc3ccccc3F)cs2)c(F)c1. The molecule has 0 aliphatic carbocycles. The van der Waals surface area contributed by atoms with Crippen LogP contribution in [0.5, 0.6) is 5.75 Å². The lowest BCUT2D eigenvalue weighted by atomic mass is 10.2. The highest BCUT2D eigenvalue weighted by Gasteiger charge is 2.16. The minimum absolute atomic E-state index is 0.0654. The number of carbonyl (C=O) groups excluding carboxylic acids is 1. The number of carbonyl (C=O) groups is 1. The number of para-hydroxylation sites is 1. The molecule has 26 heavy (non-hydrogen) atoms. The van der Waals surface area contributed by atoms with Gasteiger partial charge in [-0.1, -0.05) is 19.1 Å². The number of amides is 1. The second-order valence-electron chi connectivity index (χ2n) is 5.46. The predicted octanol–water partition coefficient (Wildman–Crippen LogP) is 5.13. The zero-order valence-corrected chi connectivity index (χ0v) is 14.8. The molecule has 0 saturated carbocycles. The van der Waals surface area contributed by atoms with Crippen LogP contribution >= 0.6 is 11.3 Å². The van der Waals surface area contributed by atoms with Crippen molar-refractivity contribution in [1.29, 1.82) is 0 Å². The van der Waals surface area contributed by atoms with Gasteiger partial charge in [-0.25, -0.2) is 13.8 Å². The fraction of sp³-hybridized carbons (Fsp3) is 0.158. The van der Waals surface area contributed by atoms with Crippen molar-refractivity contribution in [2.45, 2.75) is 13.3 Å². The fourth-order valence-corrected chi connectivity index (χ4v) is 3.06. The van der Waals surface area contributed by atoms with Crippen molar-refractivity contribution >= 4 is 22.9 Å². The molecule has 3 aromatic rings. The van der Waals surface area contributed by atoms with Gasteiger partial charge >= 0.3 is 0 Å². The minimum Gasteiger partial charge on any atom is -0.494 e. The van der Waals surface area contributed by atoms with Crippen molar-refractivity contribution in [3.63, 3.8) is 0 Å². The first kappa shape index (κ1) is 18.0. The van der Waals surface area contributed by atoms with E-state index in [1.165, 1.54) is 29.6 Å². The molecule has 1 aromatic heterocycles. The van der Waals surface area contributed by atoms with E-state index in [4.69, 9.17) is 4.74 Å². The number of halogens is 2. The number of nitrogens with one attached hydrogen (secondary N) is 1. The molecule has 0 spiro atoms. The standard InChI is InChI=1S/C19H16F2N2O2S/c1-2-9-25-12-7-8-13(15(21)10-12)19-23-17(11-26-19)18(24)22-16-6-4-3-5-14(16)20/h3-8,10-11H,2,9H2,1H3,(H,22,24). The van der Waals surface area contributed by atoms with E-state index in [1.54, 1.807) is 18.2 Å². The molecule has 0 atom stereocenters. The van der Waals surface area contributed by atoms with Gasteiger partial charge in [0.05, 0.1) is 12.3 Å². The van der Waals surface area contributed by atoms with Crippen LogP contribution in [-0.4, -0.2) is 17.5 Å². The predicted molar refractivity (Wildman–Crippen MR) is 97.6 cm³/mol. The molecule has 1 amide bonds. The Labute approximate surface area is 153 Å². The van der Waals surface area contributed by atoms with E-state index in [-0.39, 0.29) is 16.9 Å². The third-order valence-electron chi connectivity index (χ3n) is 3.50. The van der Waals surface area contributed by atoms with Gasteiger partial charge in [0.2, 0.25) is 0 Å². The fourth-order valence-electron chi connectivity index (χ4n) is 2.23. The largest absolute Gasteiger partial charge is 0.494 e. The van der Waals surface area contributed by atoms with E-state index in [1.807, 2.05) is 6.92 Å². The van der Waals surface area contributed by atoms with Crippen molar-refractivity contribution in [1.82, 2.24) is 4.98 Å². The summed E-state index contributed by atoms with van der Waals surface area (Å²) in [5.74, 6) is -1.12. The lowest BCUT2D eigenvalue weighted by molar-refractivity contribution is 0.102. The molecule has 0 fully saturated rings. The summed E-state index contributed by atoms with van der Waals surface area (Å²) in [5, 5.41) is 4.33. The Balaban J connectivity index is 1.77. The van der Waals surface area contributed by atoms with E-state index in [9.17, 15) is 13.6 Å². The third kappa shape index (κ3) is 4.05. The molecule has 7 heteroatoms. The lowest BCUT2D eigenvalue weighted by Crippen LogP contribution is -2.13. The van der Waals surface area contributed by atoms with Gasteiger partial charge in [0, 0.05) is 17.0 Å². The lowest BCUT2D eigenvalue weighted by Gasteiger charge is -2.06. The van der Waals surface area contributed by atoms with Gasteiger partial charge in [0.15, 0.2) is 0 Å². The number of anilines is 1. The second-order valence-corrected chi connectivity index (χ2v) is 6.32. The highest BCUT2D eigenvalue weighted by molar-refractivity contribution is 7.13. The molecule has 1 heterocycles. The number of rotatable bonds is 6. The van der Waals surface area contributed by atoms with Crippen LogP contribution in [0.1, 0.15) is 23.8 Å². The summed E-state index contributed by atoms with van der Waals surface area (Å²) < 4.78 is 33.3. The van der Waals surface area contributed by atoms with Crippen molar-refractivity contribution in [3.05, 3.63) is 65.2 Å². The van der Waals surface area contributed by atoms with E-state index < -0.39 is 17.5 Å². The van der Waals surface area contributed by atoms with Crippen LogP contribution in [0.25, 0.3) is 10.6 Å². The Bertz CT molecular complexity index is 927. The zero-order valence-electron chi connectivity index (χ0n) is 14.0. The highest BCUT2D eigenvalue weighted by Crippen LogP contribution is 2.29. The first-order valence-corrected chi connectivity index (χ1v) is 8.90. The number of benzene rings is 2. The Hall–Kier alpha value is -2.80. The zero-order chi connectivity index (χ0) is 18.5. The topological polar surface area (TPSA) is 51.2 Å². The Morgan fingerprint density at radius 3 is 2.73 bits per heavy atom. The van der Waals surface area contributed by atoms with Crippen molar-refractivity contribution in [3.8, 4) is 16.3 Å². The van der Waals surface area contributed by atoms with E-state index in [0.29, 0.717) is 17.4 Å². The maximum atomic E-state index is 14.3. The summed E-state index contributed by atoms with van der Waals surface area (Å²) in [6, 6.07) is 10.4. The molecule has 2 aromatic carbocycles. The van der Waals surface area contributed by atoms with Crippen LogP contribution in [-0.2, 0) is 0 Å². The Morgan fingerprint density at radius 2 is 2.00 bits per heavy atom. The van der Waals surface area contributed by atoms with Gasteiger partial charge in [-0.3, -0.25) is 4.79 Å². The van der Waals surface area contributed by atoms with Gasteiger partial charge in [-0.2, -0.15) is 0 Å². The van der Waals surface area contributed by atoms with Crippen LogP contribution < -0.4 is 10.1 Å². The van der Waals surface area contributed by atoms with Crippen LogP contribution in [0.2, 0.25) is 0 Å². The van der Waals surface area contributed by atoms with Gasteiger partial charge < -0.3 is 10.1 Å². The van der Waals surface area contributed by atoms with Crippen molar-refractivity contribution < 1.29 is 18.3 Å². The molecule has 0 unspecified atom stereocenters. The van der Waals surface area contributed by atoms with Crippen LogP contribution in [0.15, 0.2) is 47.8 Å². The number of aromatic nitrogens is 1. The molecule has 0 saturated heterocycles. The van der Waals surface area contributed by atoms with E-state index in [0.717, 1.165) is 17.8 Å². The molecule has 0 radical (unpaired) electrons. The number of nitrogens with zero attached hydrogens (tertiary/aromatic N) is 1. The molecule has 3 rings (SSSR count). The molecular weight excluding hydrogens is 358 g/mol. The van der Waals surface area contributed by atoms with Crippen LogP contribution in [0, 0.1) is 11.6 Å². The van der Waals surface area contributed by atoms with E-state index in [2.05, 4.69) is 10.3 Å². The molecule has 1 N–H and O–H groups in total.